The molecule has 1 heterocycles. The standard InChI is InChI=1S/C10H11NOS/c1-2-3-8(6-11)10(12)9-4-5-13-7-9/h4-5,7-8H,2-3H2,1H3. The first-order chi connectivity index (χ1) is 6.29. The zero-order valence-corrected chi connectivity index (χ0v) is 8.30. The summed E-state index contributed by atoms with van der Waals surface area (Å²) in [6.45, 7) is 1.98. The van der Waals surface area contributed by atoms with E-state index in [1.165, 1.54) is 11.3 Å². The van der Waals surface area contributed by atoms with Gasteiger partial charge >= 0.3 is 0 Å². The second-order valence-electron chi connectivity index (χ2n) is 2.85. The molecule has 1 rings (SSSR count). The number of ketones is 1. The molecule has 0 aliphatic rings. The topological polar surface area (TPSA) is 40.9 Å². The Bertz CT molecular complexity index is 310. The van der Waals surface area contributed by atoms with Crippen molar-refractivity contribution in [2.75, 3.05) is 0 Å². The molecule has 0 aliphatic heterocycles. The molecular weight excluding hydrogens is 182 g/mol. The van der Waals surface area contributed by atoms with E-state index in [0.717, 1.165) is 6.42 Å². The molecule has 2 nitrogen and oxygen atoms in total. The average molecular weight is 193 g/mol. The van der Waals surface area contributed by atoms with Crippen LogP contribution in [0.25, 0.3) is 0 Å². The predicted octanol–water partition coefficient (Wildman–Crippen LogP) is 2.87. The molecule has 1 atom stereocenters. The highest BCUT2D eigenvalue weighted by molar-refractivity contribution is 7.08. The van der Waals surface area contributed by atoms with Crippen molar-refractivity contribution in [1.29, 1.82) is 5.26 Å². The summed E-state index contributed by atoms with van der Waals surface area (Å²) in [5.41, 5.74) is 0.671. The molecular formula is C10H11NOS. The van der Waals surface area contributed by atoms with Gasteiger partial charge < -0.3 is 0 Å². The van der Waals surface area contributed by atoms with Gasteiger partial charge in [0.2, 0.25) is 0 Å². The van der Waals surface area contributed by atoms with Crippen LogP contribution in [0.3, 0.4) is 0 Å². The summed E-state index contributed by atoms with van der Waals surface area (Å²) in [5, 5.41) is 12.4. The minimum absolute atomic E-state index is 0.0365. The molecule has 0 amide bonds. The summed E-state index contributed by atoms with van der Waals surface area (Å²) in [6.07, 6.45) is 1.53. The van der Waals surface area contributed by atoms with Gasteiger partial charge in [-0.05, 0) is 17.9 Å². The highest BCUT2D eigenvalue weighted by Gasteiger charge is 2.18. The molecule has 0 fully saturated rings. The maximum Gasteiger partial charge on any atom is 0.180 e. The zero-order chi connectivity index (χ0) is 9.68. The fraction of sp³-hybridized carbons (Fsp3) is 0.400. The molecule has 0 spiro atoms. The van der Waals surface area contributed by atoms with Gasteiger partial charge in [-0.3, -0.25) is 4.79 Å². The Morgan fingerprint density at radius 1 is 1.77 bits per heavy atom. The Morgan fingerprint density at radius 3 is 3.00 bits per heavy atom. The van der Waals surface area contributed by atoms with Crippen LogP contribution in [0, 0.1) is 17.2 Å². The summed E-state index contributed by atoms with van der Waals surface area (Å²) < 4.78 is 0. The fourth-order valence-corrected chi connectivity index (χ4v) is 1.79. The van der Waals surface area contributed by atoms with E-state index in [1.807, 2.05) is 18.4 Å². The van der Waals surface area contributed by atoms with Gasteiger partial charge in [-0.15, -0.1) is 0 Å². The summed E-state index contributed by atoms with van der Waals surface area (Å²) in [7, 11) is 0. The Hall–Kier alpha value is -1.14. The van der Waals surface area contributed by atoms with E-state index >= 15 is 0 Å². The largest absolute Gasteiger partial charge is 0.293 e. The highest BCUT2D eigenvalue weighted by Crippen LogP contribution is 2.15. The molecule has 13 heavy (non-hydrogen) atoms. The first-order valence-corrected chi connectivity index (χ1v) is 5.20. The van der Waals surface area contributed by atoms with Crippen LogP contribution in [-0.2, 0) is 0 Å². The van der Waals surface area contributed by atoms with Crippen LogP contribution in [0.5, 0.6) is 0 Å². The van der Waals surface area contributed by atoms with E-state index in [-0.39, 0.29) is 5.78 Å². The van der Waals surface area contributed by atoms with E-state index in [4.69, 9.17) is 5.26 Å². The van der Waals surface area contributed by atoms with Crippen LogP contribution in [0.15, 0.2) is 16.8 Å². The Kier molecular flexibility index (Phi) is 3.66. The zero-order valence-electron chi connectivity index (χ0n) is 7.49. The number of hydrogen-bond donors (Lipinski definition) is 0. The third kappa shape index (κ3) is 2.40. The summed E-state index contributed by atoms with van der Waals surface area (Å²) in [6, 6.07) is 3.82. The quantitative estimate of drug-likeness (QED) is 0.690. The first kappa shape index (κ1) is 9.94. The Morgan fingerprint density at radius 2 is 2.54 bits per heavy atom. The van der Waals surface area contributed by atoms with Crippen molar-refractivity contribution in [3.63, 3.8) is 0 Å². The third-order valence-electron chi connectivity index (χ3n) is 1.86. The van der Waals surface area contributed by atoms with E-state index in [2.05, 4.69) is 0 Å². The van der Waals surface area contributed by atoms with Crippen molar-refractivity contribution >= 4 is 17.1 Å². The number of nitriles is 1. The van der Waals surface area contributed by atoms with Crippen LogP contribution in [0.2, 0.25) is 0 Å². The van der Waals surface area contributed by atoms with Gasteiger partial charge in [0.15, 0.2) is 5.78 Å². The first-order valence-electron chi connectivity index (χ1n) is 4.25. The summed E-state index contributed by atoms with van der Waals surface area (Å²) in [4.78, 5) is 11.6. The molecule has 1 unspecified atom stereocenters. The van der Waals surface area contributed by atoms with Gasteiger partial charge in [0.05, 0.1) is 6.07 Å². The minimum atomic E-state index is -0.459. The lowest BCUT2D eigenvalue weighted by molar-refractivity contribution is 0.0944. The molecule has 0 N–H and O–H groups in total. The van der Waals surface area contributed by atoms with Gasteiger partial charge in [-0.2, -0.15) is 16.6 Å². The molecule has 0 saturated heterocycles. The fourth-order valence-electron chi connectivity index (χ4n) is 1.15. The number of Topliss-reactive ketones (excluding diaryl/α,β-unsaturated/α-hetero) is 1. The predicted molar refractivity (Wildman–Crippen MR) is 52.7 cm³/mol. The van der Waals surface area contributed by atoms with E-state index in [0.29, 0.717) is 12.0 Å². The number of carbonyl (C=O) groups is 1. The lowest BCUT2D eigenvalue weighted by Gasteiger charge is -2.03. The van der Waals surface area contributed by atoms with Crippen molar-refractivity contribution in [2.24, 2.45) is 5.92 Å². The number of carbonyl (C=O) groups excluding carboxylic acids is 1. The number of thiophene rings is 1. The molecule has 0 radical (unpaired) electrons. The van der Waals surface area contributed by atoms with Crippen molar-refractivity contribution in [2.45, 2.75) is 19.8 Å². The normalized spacial score (nSPS) is 12.0. The lowest BCUT2D eigenvalue weighted by atomic mass is 9.97. The Balaban J connectivity index is 2.72. The van der Waals surface area contributed by atoms with Gasteiger partial charge in [0.1, 0.15) is 5.92 Å². The maximum absolute atomic E-state index is 11.6. The molecule has 0 aliphatic carbocycles. The summed E-state index contributed by atoms with van der Waals surface area (Å²) >= 11 is 1.48. The van der Waals surface area contributed by atoms with Crippen LogP contribution in [0.1, 0.15) is 30.1 Å². The average Bonchev–Trinajstić information content (AvgIpc) is 2.65. The molecule has 68 valence electrons. The van der Waals surface area contributed by atoms with Crippen molar-refractivity contribution in [1.82, 2.24) is 0 Å². The van der Waals surface area contributed by atoms with Gasteiger partial charge in [-0.25, -0.2) is 0 Å². The lowest BCUT2D eigenvalue weighted by Crippen LogP contribution is -2.11. The van der Waals surface area contributed by atoms with Crippen LogP contribution in [0.4, 0.5) is 0 Å². The van der Waals surface area contributed by atoms with E-state index < -0.39 is 5.92 Å². The van der Waals surface area contributed by atoms with Gasteiger partial charge in [-0.1, -0.05) is 13.3 Å². The molecule has 0 saturated carbocycles. The van der Waals surface area contributed by atoms with Crippen LogP contribution >= 0.6 is 11.3 Å². The molecule has 0 aromatic carbocycles. The molecule has 1 aromatic heterocycles. The number of nitrogens with zero attached hydrogens (tertiary/aromatic N) is 1. The molecule has 1 aromatic rings. The minimum Gasteiger partial charge on any atom is -0.293 e. The summed E-state index contributed by atoms with van der Waals surface area (Å²) in [5.74, 6) is -0.495. The second-order valence-corrected chi connectivity index (χ2v) is 3.63. The van der Waals surface area contributed by atoms with E-state index in [9.17, 15) is 4.79 Å². The molecule has 0 bridgehead atoms. The van der Waals surface area contributed by atoms with Crippen molar-refractivity contribution in [3.8, 4) is 6.07 Å². The number of hydrogen-bond acceptors (Lipinski definition) is 3. The Labute approximate surface area is 81.8 Å². The van der Waals surface area contributed by atoms with Gasteiger partial charge in [0.25, 0.3) is 0 Å². The monoisotopic (exact) mass is 193 g/mol. The maximum atomic E-state index is 11.6. The third-order valence-corrected chi connectivity index (χ3v) is 2.54. The van der Waals surface area contributed by atoms with Crippen LogP contribution < -0.4 is 0 Å². The molecule has 3 heteroatoms. The second kappa shape index (κ2) is 4.78. The van der Waals surface area contributed by atoms with E-state index in [1.54, 1.807) is 11.4 Å². The highest BCUT2D eigenvalue weighted by atomic mass is 32.1. The van der Waals surface area contributed by atoms with Crippen molar-refractivity contribution in [3.05, 3.63) is 22.4 Å². The van der Waals surface area contributed by atoms with Gasteiger partial charge in [0, 0.05) is 10.9 Å². The van der Waals surface area contributed by atoms with Crippen molar-refractivity contribution < 1.29 is 4.79 Å². The smallest absolute Gasteiger partial charge is 0.180 e. The SMILES string of the molecule is CCCC(C#N)C(=O)c1ccsc1. The van der Waals surface area contributed by atoms with Crippen LogP contribution in [-0.4, -0.2) is 5.78 Å². The number of rotatable bonds is 4.